The molecule has 1 aliphatic heterocycles. The predicted molar refractivity (Wildman–Crippen MR) is 63.7 cm³/mol. The summed E-state index contributed by atoms with van der Waals surface area (Å²) in [4.78, 5) is 19.7. The second kappa shape index (κ2) is 5.22. The number of imidazole rings is 1. The molecule has 0 saturated heterocycles. The number of aliphatic hydroxyl groups is 1. The molecular weight excluding hydrogens is 256 g/mol. The van der Waals surface area contributed by atoms with Gasteiger partial charge in [-0.15, -0.1) is 0 Å². The average molecular weight is 270 g/mol. The van der Waals surface area contributed by atoms with Crippen LogP contribution in [0.1, 0.15) is 5.82 Å². The second-order valence-electron chi connectivity index (χ2n) is 3.92. The van der Waals surface area contributed by atoms with Crippen LogP contribution in [0.4, 0.5) is 5.82 Å². The lowest BCUT2D eigenvalue weighted by Gasteiger charge is -2.21. The van der Waals surface area contributed by atoms with Gasteiger partial charge < -0.3 is 20.1 Å². The SMILES string of the molecule is CN(C)N1NC=C(c2ncc([N+](=O)[O-])n2CCO)O1. The molecule has 1 aromatic heterocycles. The van der Waals surface area contributed by atoms with E-state index in [4.69, 9.17) is 9.94 Å². The molecule has 2 heterocycles. The first-order valence-electron chi connectivity index (χ1n) is 5.47. The highest BCUT2D eigenvalue weighted by molar-refractivity contribution is 5.55. The van der Waals surface area contributed by atoms with Crippen molar-refractivity contribution < 1.29 is 14.9 Å². The van der Waals surface area contributed by atoms with Gasteiger partial charge in [0.1, 0.15) is 12.7 Å². The van der Waals surface area contributed by atoms with Crippen LogP contribution >= 0.6 is 0 Å². The lowest BCUT2D eigenvalue weighted by atomic mass is 10.4. The highest BCUT2D eigenvalue weighted by atomic mass is 16.8. The van der Waals surface area contributed by atoms with Crippen LogP contribution in [0.25, 0.3) is 5.76 Å². The number of nitrogens with zero attached hydrogens (tertiary/aromatic N) is 5. The molecule has 0 saturated carbocycles. The third kappa shape index (κ3) is 2.50. The molecule has 0 amide bonds. The third-order valence-corrected chi connectivity index (χ3v) is 2.42. The van der Waals surface area contributed by atoms with E-state index in [2.05, 4.69) is 10.4 Å². The van der Waals surface area contributed by atoms with E-state index in [0.717, 1.165) is 6.20 Å². The van der Waals surface area contributed by atoms with Crippen molar-refractivity contribution in [1.82, 2.24) is 25.3 Å². The fourth-order valence-corrected chi connectivity index (χ4v) is 1.59. The van der Waals surface area contributed by atoms with Gasteiger partial charge in [0.25, 0.3) is 5.82 Å². The maximum Gasteiger partial charge on any atom is 0.343 e. The van der Waals surface area contributed by atoms with Gasteiger partial charge in [0.2, 0.25) is 5.76 Å². The predicted octanol–water partition coefficient (Wildman–Crippen LogP) is -0.690. The first-order chi connectivity index (χ1) is 9.04. The monoisotopic (exact) mass is 270 g/mol. The standard InChI is InChI=1S/C9H14N6O4/c1-12(2)15-11-5-7(19-15)9-10-6-8(14(17)18)13(9)3-4-16/h5-6,11,16H,3-4H2,1-2H3. The fraction of sp³-hybridized carbons (Fsp3) is 0.444. The summed E-state index contributed by atoms with van der Waals surface area (Å²) in [6.07, 6.45) is 2.66. The third-order valence-electron chi connectivity index (χ3n) is 2.42. The second-order valence-corrected chi connectivity index (χ2v) is 3.92. The lowest BCUT2D eigenvalue weighted by molar-refractivity contribution is -0.392. The van der Waals surface area contributed by atoms with Crippen molar-refractivity contribution in [2.75, 3.05) is 20.7 Å². The Morgan fingerprint density at radius 3 is 2.89 bits per heavy atom. The zero-order valence-corrected chi connectivity index (χ0v) is 10.5. The minimum atomic E-state index is -0.557. The molecule has 0 aliphatic carbocycles. The van der Waals surface area contributed by atoms with Gasteiger partial charge in [0.05, 0.1) is 12.8 Å². The number of aliphatic hydroxyl groups excluding tert-OH is 1. The Bertz CT molecular complexity index is 511. The number of hydrazine groups is 2. The van der Waals surface area contributed by atoms with E-state index in [-0.39, 0.29) is 24.8 Å². The molecule has 0 radical (unpaired) electrons. The van der Waals surface area contributed by atoms with Crippen molar-refractivity contribution in [1.29, 1.82) is 0 Å². The van der Waals surface area contributed by atoms with Crippen LogP contribution in [0.2, 0.25) is 0 Å². The summed E-state index contributed by atoms with van der Waals surface area (Å²) in [5.74, 6) is 0.407. The molecular formula is C9H14N6O4. The van der Waals surface area contributed by atoms with E-state index in [1.165, 1.54) is 16.0 Å². The Morgan fingerprint density at radius 2 is 2.37 bits per heavy atom. The molecule has 19 heavy (non-hydrogen) atoms. The molecule has 10 heteroatoms. The Balaban J connectivity index is 2.28. The van der Waals surface area contributed by atoms with Crippen molar-refractivity contribution in [2.24, 2.45) is 0 Å². The van der Waals surface area contributed by atoms with Crippen molar-refractivity contribution in [3.8, 4) is 0 Å². The van der Waals surface area contributed by atoms with Gasteiger partial charge in [-0.2, -0.15) is 5.01 Å². The Labute approximate surface area is 108 Å². The summed E-state index contributed by atoms with van der Waals surface area (Å²) in [5, 5.41) is 22.8. The van der Waals surface area contributed by atoms with Gasteiger partial charge in [-0.25, -0.2) is 9.55 Å². The summed E-state index contributed by atoms with van der Waals surface area (Å²) in [5.41, 5.74) is 2.80. The molecule has 0 spiro atoms. The molecule has 0 bridgehead atoms. The maximum atomic E-state index is 10.9. The number of nitro groups is 1. The fourth-order valence-electron chi connectivity index (χ4n) is 1.59. The summed E-state index contributed by atoms with van der Waals surface area (Å²) in [6, 6.07) is 0. The van der Waals surface area contributed by atoms with Crippen molar-refractivity contribution in [3.63, 3.8) is 0 Å². The first kappa shape index (κ1) is 13.3. The maximum absolute atomic E-state index is 10.9. The molecule has 1 aromatic rings. The summed E-state index contributed by atoms with van der Waals surface area (Å²) < 4.78 is 1.28. The number of hydrogen-bond donors (Lipinski definition) is 2. The van der Waals surface area contributed by atoms with E-state index in [9.17, 15) is 10.1 Å². The van der Waals surface area contributed by atoms with Crippen molar-refractivity contribution in [3.05, 3.63) is 28.3 Å². The number of nitrogens with one attached hydrogen (secondary N) is 1. The normalized spacial score (nSPS) is 15.3. The van der Waals surface area contributed by atoms with Gasteiger partial charge in [-0.05, 0) is 4.92 Å². The molecule has 0 unspecified atom stereocenters. The zero-order chi connectivity index (χ0) is 14.0. The van der Waals surface area contributed by atoms with E-state index in [1.807, 2.05) is 0 Å². The van der Waals surface area contributed by atoms with Crippen LogP contribution in [-0.2, 0) is 11.4 Å². The van der Waals surface area contributed by atoms with Crippen LogP contribution in [0.15, 0.2) is 12.4 Å². The van der Waals surface area contributed by atoms with Gasteiger partial charge in [-0.3, -0.25) is 5.43 Å². The van der Waals surface area contributed by atoms with Gasteiger partial charge in [0, 0.05) is 19.4 Å². The smallest absolute Gasteiger partial charge is 0.343 e. The topological polar surface area (TPSA) is 109 Å². The molecule has 1 aliphatic rings. The molecule has 2 rings (SSSR count). The average Bonchev–Trinajstić information content (AvgIpc) is 2.94. The van der Waals surface area contributed by atoms with Crippen LogP contribution in [0.3, 0.4) is 0 Å². The van der Waals surface area contributed by atoms with E-state index >= 15 is 0 Å². The zero-order valence-electron chi connectivity index (χ0n) is 10.5. The Morgan fingerprint density at radius 1 is 1.63 bits per heavy atom. The minimum absolute atomic E-state index is 0.0638. The van der Waals surface area contributed by atoms with Crippen LogP contribution < -0.4 is 5.43 Å². The van der Waals surface area contributed by atoms with Crippen LogP contribution in [0, 0.1) is 10.1 Å². The summed E-state index contributed by atoms with van der Waals surface area (Å²) >= 11 is 0. The Kier molecular flexibility index (Phi) is 3.64. The summed E-state index contributed by atoms with van der Waals surface area (Å²) in [7, 11) is 3.51. The minimum Gasteiger partial charge on any atom is -0.392 e. The van der Waals surface area contributed by atoms with Crippen molar-refractivity contribution >= 4 is 11.6 Å². The molecule has 0 aromatic carbocycles. The first-order valence-corrected chi connectivity index (χ1v) is 5.47. The molecule has 10 nitrogen and oxygen atoms in total. The largest absolute Gasteiger partial charge is 0.392 e. The molecule has 0 fully saturated rings. The molecule has 104 valence electrons. The number of aromatic nitrogens is 2. The van der Waals surface area contributed by atoms with E-state index in [1.54, 1.807) is 19.1 Å². The molecule has 0 atom stereocenters. The van der Waals surface area contributed by atoms with Gasteiger partial charge in [0.15, 0.2) is 0 Å². The highest BCUT2D eigenvalue weighted by Crippen LogP contribution is 2.24. The quantitative estimate of drug-likeness (QED) is 0.534. The van der Waals surface area contributed by atoms with Crippen molar-refractivity contribution in [2.45, 2.75) is 6.54 Å². The van der Waals surface area contributed by atoms with Crippen LogP contribution in [0.5, 0.6) is 0 Å². The molecule has 2 N–H and O–H groups in total. The van der Waals surface area contributed by atoms with Gasteiger partial charge in [-0.1, -0.05) is 0 Å². The summed E-state index contributed by atoms with van der Waals surface area (Å²) in [6.45, 7) is -0.170. The lowest BCUT2D eigenvalue weighted by Crippen LogP contribution is -2.40. The van der Waals surface area contributed by atoms with E-state index < -0.39 is 4.92 Å². The van der Waals surface area contributed by atoms with Crippen LogP contribution in [-0.4, -0.2) is 50.6 Å². The Hall–Kier alpha value is -2.17. The van der Waals surface area contributed by atoms with E-state index in [0.29, 0.717) is 5.76 Å². The van der Waals surface area contributed by atoms with Gasteiger partial charge >= 0.3 is 5.82 Å². The number of hydrogen-bond acceptors (Lipinski definition) is 8. The number of rotatable bonds is 5. The highest BCUT2D eigenvalue weighted by Gasteiger charge is 2.29.